The van der Waals surface area contributed by atoms with E-state index in [-0.39, 0.29) is 5.82 Å². The lowest BCUT2D eigenvalue weighted by Gasteiger charge is -2.19. The van der Waals surface area contributed by atoms with Crippen molar-refractivity contribution in [2.45, 2.75) is 6.04 Å². The summed E-state index contributed by atoms with van der Waals surface area (Å²) in [6, 6.07) is 14.0. The molecule has 0 aliphatic carbocycles. The molecule has 2 aromatic carbocycles. The third kappa shape index (κ3) is 2.15. The van der Waals surface area contributed by atoms with Crippen LogP contribution in [0.1, 0.15) is 17.2 Å². The second-order valence-electron chi connectivity index (χ2n) is 4.57. The molecule has 4 heteroatoms. The number of aromatic nitrogens is 1. The van der Waals surface area contributed by atoms with E-state index >= 15 is 0 Å². The van der Waals surface area contributed by atoms with Crippen molar-refractivity contribution in [3.05, 3.63) is 77.9 Å². The number of hydrogen-bond donors (Lipinski definition) is 2. The van der Waals surface area contributed by atoms with E-state index in [2.05, 4.69) is 10.4 Å². The minimum atomic E-state index is -0.401. The van der Waals surface area contributed by atoms with Gasteiger partial charge in [0.1, 0.15) is 5.82 Å². The molecule has 3 rings (SSSR count). The summed E-state index contributed by atoms with van der Waals surface area (Å²) in [5, 5.41) is 2.01. The molecule has 0 fully saturated rings. The normalized spacial score (nSPS) is 12.5. The van der Waals surface area contributed by atoms with Crippen molar-refractivity contribution < 1.29 is 4.39 Å². The highest BCUT2D eigenvalue weighted by atomic mass is 19.1. The zero-order valence-corrected chi connectivity index (χ0v) is 10.8. The number of nitrogens with one attached hydrogen (secondary N) is 1. The molecule has 0 bridgehead atoms. The maximum absolute atomic E-state index is 14.0. The number of nitrogens with two attached hydrogens (primary N) is 1. The molecule has 1 atom stereocenters. The van der Waals surface area contributed by atoms with E-state index in [9.17, 15) is 4.39 Å². The third-order valence-electron chi connectivity index (χ3n) is 3.41. The molecule has 0 spiro atoms. The Kier molecular flexibility index (Phi) is 3.41. The largest absolute Gasteiger partial charge is 0.271 e. The van der Waals surface area contributed by atoms with E-state index in [1.807, 2.05) is 24.3 Å². The predicted molar refractivity (Wildman–Crippen MR) is 77.3 cm³/mol. The molecule has 0 radical (unpaired) electrons. The lowest BCUT2D eigenvalue weighted by Crippen LogP contribution is -2.29. The van der Waals surface area contributed by atoms with Gasteiger partial charge < -0.3 is 0 Å². The fourth-order valence-corrected chi connectivity index (χ4v) is 2.46. The molecule has 20 heavy (non-hydrogen) atoms. The third-order valence-corrected chi connectivity index (χ3v) is 3.41. The van der Waals surface area contributed by atoms with Crippen LogP contribution in [0.25, 0.3) is 10.8 Å². The van der Waals surface area contributed by atoms with Gasteiger partial charge in [0, 0.05) is 23.3 Å². The maximum Gasteiger partial charge on any atom is 0.128 e. The second kappa shape index (κ2) is 5.36. The van der Waals surface area contributed by atoms with Gasteiger partial charge in [-0.2, -0.15) is 0 Å². The Balaban J connectivity index is 2.20. The van der Waals surface area contributed by atoms with Crippen LogP contribution in [0, 0.1) is 5.82 Å². The van der Waals surface area contributed by atoms with Crippen molar-refractivity contribution in [2.24, 2.45) is 5.84 Å². The van der Waals surface area contributed by atoms with Crippen molar-refractivity contribution in [1.82, 2.24) is 10.4 Å². The van der Waals surface area contributed by atoms with Gasteiger partial charge >= 0.3 is 0 Å². The van der Waals surface area contributed by atoms with Crippen LogP contribution in [0.5, 0.6) is 0 Å². The lowest BCUT2D eigenvalue weighted by molar-refractivity contribution is 0.562. The first kappa shape index (κ1) is 12.7. The molecule has 1 heterocycles. The zero-order chi connectivity index (χ0) is 13.9. The summed E-state index contributed by atoms with van der Waals surface area (Å²) in [5.41, 5.74) is 4.16. The second-order valence-corrected chi connectivity index (χ2v) is 4.57. The van der Waals surface area contributed by atoms with Crippen LogP contribution in [0.3, 0.4) is 0 Å². The molecule has 3 nitrogen and oxygen atoms in total. The van der Waals surface area contributed by atoms with Gasteiger partial charge in [-0.3, -0.25) is 10.8 Å². The molecule has 0 aliphatic rings. The van der Waals surface area contributed by atoms with Gasteiger partial charge in [-0.25, -0.2) is 9.82 Å². The molecule has 0 saturated heterocycles. The van der Waals surface area contributed by atoms with Crippen LogP contribution in [0.15, 0.2) is 60.9 Å². The number of benzene rings is 2. The van der Waals surface area contributed by atoms with Crippen LogP contribution < -0.4 is 11.3 Å². The van der Waals surface area contributed by atoms with Gasteiger partial charge in [-0.1, -0.05) is 36.4 Å². The van der Waals surface area contributed by atoms with E-state index in [1.54, 1.807) is 30.6 Å². The minimum absolute atomic E-state index is 0.276. The molecule has 1 aromatic heterocycles. The van der Waals surface area contributed by atoms with Crippen LogP contribution in [0.4, 0.5) is 4.39 Å². The van der Waals surface area contributed by atoms with Gasteiger partial charge in [0.25, 0.3) is 0 Å². The maximum atomic E-state index is 14.0. The molecule has 1 unspecified atom stereocenters. The predicted octanol–water partition coefficient (Wildman–Crippen LogP) is 2.93. The molecule has 3 aromatic rings. The van der Waals surface area contributed by atoms with Gasteiger partial charge in [-0.05, 0) is 23.1 Å². The standard InChI is InChI=1S/C16H14FN3/c17-15-7-2-1-5-14(15)16(20-18)13-6-3-4-11-10-19-9-8-12(11)13/h1-10,16,20H,18H2. The Labute approximate surface area is 116 Å². The highest BCUT2D eigenvalue weighted by Gasteiger charge is 2.18. The summed E-state index contributed by atoms with van der Waals surface area (Å²) in [6.45, 7) is 0. The molecule has 0 aliphatic heterocycles. The van der Waals surface area contributed by atoms with E-state index in [1.165, 1.54) is 6.07 Å². The highest BCUT2D eigenvalue weighted by molar-refractivity contribution is 5.85. The summed E-state index contributed by atoms with van der Waals surface area (Å²) in [5.74, 6) is 5.39. The molecule has 100 valence electrons. The van der Waals surface area contributed by atoms with Crippen molar-refractivity contribution in [1.29, 1.82) is 0 Å². The molecule has 0 amide bonds. The van der Waals surface area contributed by atoms with Crippen molar-refractivity contribution in [2.75, 3.05) is 0 Å². The van der Waals surface area contributed by atoms with E-state index in [0.717, 1.165) is 16.3 Å². The van der Waals surface area contributed by atoms with Gasteiger partial charge in [0.05, 0.1) is 6.04 Å². The SMILES string of the molecule is NNC(c1ccccc1F)c1cccc2cnccc12. The Morgan fingerprint density at radius 2 is 1.80 bits per heavy atom. The minimum Gasteiger partial charge on any atom is -0.271 e. The number of rotatable bonds is 3. The Bertz CT molecular complexity index is 737. The summed E-state index contributed by atoms with van der Waals surface area (Å²) in [7, 11) is 0. The monoisotopic (exact) mass is 267 g/mol. The summed E-state index contributed by atoms with van der Waals surface area (Å²) < 4.78 is 14.0. The highest BCUT2D eigenvalue weighted by Crippen LogP contribution is 2.29. The topological polar surface area (TPSA) is 50.9 Å². The first-order chi connectivity index (χ1) is 9.81. The summed E-state index contributed by atoms with van der Waals surface area (Å²) in [6.07, 6.45) is 3.51. The first-order valence-electron chi connectivity index (χ1n) is 6.34. The number of nitrogens with zero attached hydrogens (tertiary/aromatic N) is 1. The molecular formula is C16H14FN3. The Hall–Kier alpha value is -2.30. The molecule has 0 saturated carbocycles. The Morgan fingerprint density at radius 3 is 2.60 bits per heavy atom. The van der Waals surface area contributed by atoms with Gasteiger partial charge in [0.15, 0.2) is 0 Å². The molecular weight excluding hydrogens is 253 g/mol. The van der Waals surface area contributed by atoms with Crippen molar-refractivity contribution in [3.63, 3.8) is 0 Å². The molecule has 3 N–H and O–H groups in total. The van der Waals surface area contributed by atoms with Gasteiger partial charge in [-0.15, -0.1) is 0 Å². The van der Waals surface area contributed by atoms with E-state index < -0.39 is 6.04 Å². The Morgan fingerprint density at radius 1 is 1.00 bits per heavy atom. The number of hydrazine groups is 1. The van der Waals surface area contributed by atoms with Gasteiger partial charge in [0.2, 0.25) is 0 Å². The van der Waals surface area contributed by atoms with Crippen LogP contribution in [-0.2, 0) is 0 Å². The fraction of sp³-hybridized carbons (Fsp3) is 0.0625. The quantitative estimate of drug-likeness (QED) is 0.566. The average molecular weight is 267 g/mol. The van der Waals surface area contributed by atoms with Crippen LogP contribution in [0.2, 0.25) is 0 Å². The fourth-order valence-electron chi connectivity index (χ4n) is 2.46. The van der Waals surface area contributed by atoms with Crippen LogP contribution >= 0.6 is 0 Å². The first-order valence-corrected chi connectivity index (χ1v) is 6.34. The lowest BCUT2D eigenvalue weighted by atomic mass is 9.94. The average Bonchev–Trinajstić information content (AvgIpc) is 2.50. The number of pyridine rings is 1. The summed E-state index contributed by atoms with van der Waals surface area (Å²) in [4.78, 5) is 4.10. The van der Waals surface area contributed by atoms with Crippen LogP contribution in [-0.4, -0.2) is 4.98 Å². The number of fused-ring (bicyclic) bond motifs is 1. The van der Waals surface area contributed by atoms with Crippen molar-refractivity contribution >= 4 is 10.8 Å². The number of halogens is 1. The van der Waals surface area contributed by atoms with Crippen molar-refractivity contribution in [3.8, 4) is 0 Å². The smallest absolute Gasteiger partial charge is 0.128 e. The van der Waals surface area contributed by atoms with E-state index in [0.29, 0.717) is 5.56 Å². The number of hydrogen-bond acceptors (Lipinski definition) is 3. The summed E-state index contributed by atoms with van der Waals surface area (Å²) >= 11 is 0. The zero-order valence-electron chi connectivity index (χ0n) is 10.8. The van der Waals surface area contributed by atoms with E-state index in [4.69, 9.17) is 5.84 Å².